The molecule has 0 saturated carbocycles. The van der Waals surface area contributed by atoms with Crippen molar-refractivity contribution in [3.05, 3.63) is 24.3 Å². The van der Waals surface area contributed by atoms with Crippen molar-refractivity contribution in [3.63, 3.8) is 0 Å². The second-order valence-electron chi connectivity index (χ2n) is 3.22. The number of benzene rings is 1. The van der Waals surface area contributed by atoms with E-state index in [1.54, 1.807) is 0 Å². The molecule has 0 aliphatic rings. The molecule has 0 N–H and O–H groups in total. The molecular weight excluding hydrogens is 182 g/mol. The molecule has 0 heterocycles. The van der Waals surface area contributed by atoms with Crippen molar-refractivity contribution in [1.82, 2.24) is 0 Å². The van der Waals surface area contributed by atoms with Crippen molar-refractivity contribution >= 4 is 26.5 Å². The van der Waals surface area contributed by atoms with E-state index in [0.29, 0.717) is 0 Å². The fourth-order valence-electron chi connectivity index (χ4n) is 0.965. The van der Waals surface area contributed by atoms with Crippen LogP contribution >= 0.6 is 15.8 Å². The van der Waals surface area contributed by atoms with Gasteiger partial charge in [0, 0.05) is 0 Å². The lowest BCUT2D eigenvalue weighted by atomic mass is 10.4. The zero-order chi connectivity index (χ0) is 9.14. The Morgan fingerprint density at radius 1 is 1.00 bits per heavy atom. The van der Waals surface area contributed by atoms with Crippen molar-refractivity contribution in [2.45, 2.75) is 0 Å². The number of hydrogen-bond acceptors (Lipinski definition) is 0. The summed E-state index contributed by atoms with van der Waals surface area (Å²) in [6.07, 6.45) is 0. The molecule has 1 aromatic rings. The highest BCUT2D eigenvalue weighted by atomic mass is 31.1. The second-order valence-corrected chi connectivity index (χ2v) is 7.80. The van der Waals surface area contributed by atoms with Crippen molar-refractivity contribution in [2.24, 2.45) is 0 Å². The Bertz CT molecular complexity index is 210. The summed E-state index contributed by atoms with van der Waals surface area (Å²) in [4.78, 5) is 0. The summed E-state index contributed by atoms with van der Waals surface area (Å²) in [5.41, 5.74) is 0. The van der Waals surface area contributed by atoms with Crippen LogP contribution in [0, 0.1) is 6.07 Å². The fraction of sp³-hybridized carbons (Fsp3) is 0.400. The minimum atomic E-state index is 0.0244. The van der Waals surface area contributed by atoms with Gasteiger partial charge in [-0.2, -0.15) is 0 Å². The van der Waals surface area contributed by atoms with Gasteiger partial charge in [-0.05, 0) is 49.4 Å². The molecule has 0 spiro atoms. The Morgan fingerprint density at radius 2 is 1.67 bits per heavy atom. The summed E-state index contributed by atoms with van der Waals surface area (Å²) in [5, 5.41) is 2.83. The second kappa shape index (κ2) is 4.35. The first-order valence-corrected chi connectivity index (χ1v) is 8.45. The van der Waals surface area contributed by atoms with Gasteiger partial charge in [0.1, 0.15) is 0 Å². The van der Waals surface area contributed by atoms with Crippen LogP contribution in [0.4, 0.5) is 0 Å². The lowest BCUT2D eigenvalue weighted by molar-refractivity contribution is 1.81. The lowest BCUT2D eigenvalue weighted by Crippen LogP contribution is -2.05. The molecule has 0 bridgehead atoms. The summed E-state index contributed by atoms with van der Waals surface area (Å²) >= 11 is 0. The molecular formula is C10H15P2. The van der Waals surface area contributed by atoms with Crippen LogP contribution in [0.1, 0.15) is 0 Å². The third-order valence-electron chi connectivity index (χ3n) is 1.78. The summed E-state index contributed by atoms with van der Waals surface area (Å²) in [5.74, 6) is 0. The summed E-state index contributed by atoms with van der Waals surface area (Å²) in [6, 6.07) is 9.99. The maximum absolute atomic E-state index is 3.36. The smallest absolute Gasteiger partial charge is 0.00942 e. The maximum atomic E-state index is 3.36. The molecule has 0 aromatic heterocycles. The van der Waals surface area contributed by atoms with Crippen molar-refractivity contribution in [1.29, 1.82) is 0 Å². The van der Waals surface area contributed by atoms with Crippen LogP contribution in [0.25, 0.3) is 0 Å². The quantitative estimate of drug-likeness (QED) is 0.638. The highest BCUT2D eigenvalue weighted by Crippen LogP contribution is 2.25. The SMILES string of the molecule is CP(C)c1[c]cc(P(C)C)cc1. The fourth-order valence-corrected chi connectivity index (χ4v) is 2.36. The summed E-state index contributed by atoms with van der Waals surface area (Å²) < 4.78 is 0. The van der Waals surface area contributed by atoms with Gasteiger partial charge in [-0.3, -0.25) is 0 Å². The maximum Gasteiger partial charge on any atom is -0.00942 e. The van der Waals surface area contributed by atoms with Crippen LogP contribution < -0.4 is 10.6 Å². The first-order chi connectivity index (χ1) is 5.61. The van der Waals surface area contributed by atoms with Gasteiger partial charge < -0.3 is 0 Å². The average molecular weight is 197 g/mol. The van der Waals surface area contributed by atoms with E-state index < -0.39 is 0 Å². The Balaban J connectivity index is 2.86. The van der Waals surface area contributed by atoms with Crippen LogP contribution in [-0.4, -0.2) is 26.7 Å². The molecule has 0 fully saturated rings. The standard InChI is InChI=1S/C10H15P2/c1-11(2)9-5-7-10(8-6-9)12(3)4/h5-7H,1-4H3. The molecule has 0 atom stereocenters. The number of hydrogen-bond donors (Lipinski definition) is 0. The van der Waals surface area contributed by atoms with Gasteiger partial charge in [0.2, 0.25) is 0 Å². The molecule has 0 aliphatic carbocycles. The molecule has 0 unspecified atom stereocenters. The van der Waals surface area contributed by atoms with Crippen LogP contribution in [0.15, 0.2) is 18.2 Å². The van der Waals surface area contributed by atoms with E-state index in [1.165, 1.54) is 10.6 Å². The first-order valence-electron chi connectivity index (χ1n) is 3.97. The minimum Gasteiger partial charge on any atom is -0.0817 e. The Morgan fingerprint density at radius 3 is 2.00 bits per heavy atom. The topological polar surface area (TPSA) is 0 Å². The molecule has 12 heavy (non-hydrogen) atoms. The highest BCUT2D eigenvalue weighted by Gasteiger charge is 2.00. The average Bonchev–Trinajstić information content (AvgIpc) is 2.04. The molecule has 0 amide bonds. The summed E-state index contributed by atoms with van der Waals surface area (Å²) in [7, 11) is 0.0731. The van der Waals surface area contributed by atoms with E-state index in [-0.39, 0.29) is 15.8 Å². The van der Waals surface area contributed by atoms with Crippen LogP contribution in [0.3, 0.4) is 0 Å². The zero-order valence-electron chi connectivity index (χ0n) is 8.13. The van der Waals surface area contributed by atoms with E-state index in [4.69, 9.17) is 0 Å². The van der Waals surface area contributed by atoms with E-state index >= 15 is 0 Å². The predicted molar refractivity (Wildman–Crippen MR) is 62.1 cm³/mol. The molecule has 2 heteroatoms. The van der Waals surface area contributed by atoms with E-state index in [2.05, 4.69) is 50.9 Å². The molecule has 1 radical (unpaired) electrons. The van der Waals surface area contributed by atoms with E-state index in [0.717, 1.165) is 0 Å². The molecule has 1 rings (SSSR count). The van der Waals surface area contributed by atoms with E-state index in [9.17, 15) is 0 Å². The van der Waals surface area contributed by atoms with Crippen LogP contribution in [0.2, 0.25) is 0 Å². The van der Waals surface area contributed by atoms with Crippen LogP contribution in [-0.2, 0) is 0 Å². The lowest BCUT2D eigenvalue weighted by Gasteiger charge is -2.08. The molecule has 0 aliphatic heterocycles. The zero-order valence-corrected chi connectivity index (χ0v) is 9.92. The Hall–Kier alpha value is 0.0800. The highest BCUT2D eigenvalue weighted by molar-refractivity contribution is 7.64. The Labute approximate surface area is 77.9 Å². The van der Waals surface area contributed by atoms with Gasteiger partial charge in [-0.25, -0.2) is 0 Å². The minimum absolute atomic E-state index is 0.0244. The van der Waals surface area contributed by atoms with Gasteiger partial charge in [-0.15, -0.1) is 0 Å². The van der Waals surface area contributed by atoms with Gasteiger partial charge in [-0.1, -0.05) is 28.0 Å². The largest absolute Gasteiger partial charge is 0.0817 e. The van der Waals surface area contributed by atoms with Gasteiger partial charge in [0.05, 0.1) is 0 Å². The Kier molecular flexibility index (Phi) is 3.69. The third kappa shape index (κ3) is 2.54. The van der Waals surface area contributed by atoms with Crippen molar-refractivity contribution < 1.29 is 0 Å². The van der Waals surface area contributed by atoms with Crippen molar-refractivity contribution in [2.75, 3.05) is 26.7 Å². The van der Waals surface area contributed by atoms with Gasteiger partial charge in [0.25, 0.3) is 0 Å². The molecule has 65 valence electrons. The van der Waals surface area contributed by atoms with Gasteiger partial charge in [0.15, 0.2) is 0 Å². The normalized spacial score (nSPS) is 11.2. The predicted octanol–water partition coefficient (Wildman–Crippen LogP) is 2.22. The summed E-state index contributed by atoms with van der Waals surface area (Å²) in [6.45, 7) is 9.08. The number of rotatable bonds is 2. The third-order valence-corrected chi connectivity index (χ3v) is 4.33. The van der Waals surface area contributed by atoms with E-state index in [1.807, 2.05) is 0 Å². The monoisotopic (exact) mass is 197 g/mol. The van der Waals surface area contributed by atoms with Gasteiger partial charge >= 0.3 is 0 Å². The van der Waals surface area contributed by atoms with Crippen LogP contribution in [0.5, 0.6) is 0 Å². The molecule has 0 saturated heterocycles. The van der Waals surface area contributed by atoms with Crippen molar-refractivity contribution in [3.8, 4) is 0 Å². The molecule has 0 nitrogen and oxygen atoms in total. The first kappa shape index (κ1) is 10.2. The molecule has 1 aromatic carbocycles.